The summed E-state index contributed by atoms with van der Waals surface area (Å²) in [4.78, 5) is 38.2. The lowest BCUT2D eigenvalue weighted by Gasteiger charge is -2.36. The smallest absolute Gasteiger partial charge is 0.325 e. The van der Waals surface area contributed by atoms with Gasteiger partial charge in [-0.3, -0.25) is 14.5 Å². The van der Waals surface area contributed by atoms with E-state index in [9.17, 15) is 14.4 Å². The second-order valence-electron chi connectivity index (χ2n) is 7.44. The van der Waals surface area contributed by atoms with Gasteiger partial charge in [0.15, 0.2) is 0 Å². The van der Waals surface area contributed by atoms with Crippen LogP contribution in [0.3, 0.4) is 0 Å². The summed E-state index contributed by atoms with van der Waals surface area (Å²) in [6, 6.07) is -0.427. The fourth-order valence-electron chi connectivity index (χ4n) is 4.22. The minimum absolute atomic E-state index is 0. The van der Waals surface area contributed by atoms with Crippen LogP contribution in [0.5, 0.6) is 0 Å². The molecule has 4 amide bonds. The third kappa shape index (κ3) is 4.08. The van der Waals surface area contributed by atoms with Crippen molar-refractivity contribution in [3.8, 4) is 0 Å². The van der Waals surface area contributed by atoms with E-state index in [0.717, 1.165) is 50.1 Å². The van der Waals surface area contributed by atoms with Crippen molar-refractivity contribution in [1.82, 2.24) is 20.9 Å². The Morgan fingerprint density at radius 2 is 2.12 bits per heavy atom. The minimum Gasteiger partial charge on any atom is -0.355 e. The summed E-state index contributed by atoms with van der Waals surface area (Å²) in [6.45, 7) is 4.47. The fraction of sp³-hybridized carbons (Fsp3) is 0.824. The summed E-state index contributed by atoms with van der Waals surface area (Å²) < 4.78 is 0. The molecule has 3 atom stereocenters. The molecule has 2 saturated heterocycles. The number of carbonyl (C=O) groups is 3. The number of nitrogens with one attached hydrogen (secondary N) is 3. The molecule has 142 valence electrons. The van der Waals surface area contributed by atoms with Crippen molar-refractivity contribution in [1.29, 1.82) is 0 Å². The van der Waals surface area contributed by atoms with E-state index in [1.165, 1.54) is 0 Å². The Balaban J connectivity index is 0.00000225. The SMILES string of the molecule is CC1CCCCC12NC(=O)N(CC(=O)NCCC1CCNC1)C2=O.Cl. The Kier molecular flexibility index (Phi) is 6.68. The maximum Gasteiger partial charge on any atom is 0.325 e. The maximum absolute atomic E-state index is 12.8. The Hall–Kier alpha value is -1.34. The number of halogens is 1. The van der Waals surface area contributed by atoms with Crippen molar-refractivity contribution in [3.63, 3.8) is 0 Å². The Morgan fingerprint density at radius 1 is 1.32 bits per heavy atom. The number of imide groups is 1. The molecule has 0 aromatic carbocycles. The largest absolute Gasteiger partial charge is 0.355 e. The van der Waals surface area contributed by atoms with Crippen LogP contribution in [0.25, 0.3) is 0 Å². The van der Waals surface area contributed by atoms with Gasteiger partial charge in [0.1, 0.15) is 12.1 Å². The summed E-state index contributed by atoms with van der Waals surface area (Å²) in [6.07, 6.45) is 5.70. The highest BCUT2D eigenvalue weighted by Gasteiger charge is 2.55. The van der Waals surface area contributed by atoms with Crippen molar-refractivity contribution in [2.75, 3.05) is 26.2 Å². The number of hydrogen-bond acceptors (Lipinski definition) is 4. The zero-order valence-electron chi connectivity index (χ0n) is 14.8. The second kappa shape index (κ2) is 8.36. The first kappa shape index (κ1) is 20.0. The predicted octanol–water partition coefficient (Wildman–Crippen LogP) is 1.02. The van der Waals surface area contributed by atoms with Crippen LogP contribution in [0.2, 0.25) is 0 Å². The molecular formula is C17H29ClN4O3. The van der Waals surface area contributed by atoms with Gasteiger partial charge in [-0.2, -0.15) is 0 Å². The number of urea groups is 1. The number of amides is 4. The Labute approximate surface area is 155 Å². The third-order valence-corrected chi connectivity index (χ3v) is 5.84. The van der Waals surface area contributed by atoms with Crippen molar-refractivity contribution in [2.45, 2.75) is 51.0 Å². The third-order valence-electron chi connectivity index (χ3n) is 5.84. The fourth-order valence-corrected chi connectivity index (χ4v) is 4.22. The Bertz CT molecular complexity index is 524. The quantitative estimate of drug-likeness (QED) is 0.628. The summed E-state index contributed by atoms with van der Waals surface area (Å²) in [7, 11) is 0. The van der Waals surface area contributed by atoms with Crippen molar-refractivity contribution in [3.05, 3.63) is 0 Å². The lowest BCUT2D eigenvalue weighted by atomic mass is 9.73. The van der Waals surface area contributed by atoms with E-state index in [-0.39, 0.29) is 36.7 Å². The molecule has 0 aromatic heterocycles. The molecule has 3 N–H and O–H groups in total. The van der Waals surface area contributed by atoms with E-state index < -0.39 is 11.6 Å². The van der Waals surface area contributed by atoms with Crippen LogP contribution in [0.15, 0.2) is 0 Å². The lowest BCUT2D eigenvalue weighted by Crippen LogP contribution is -2.54. The topological polar surface area (TPSA) is 90.5 Å². The highest BCUT2D eigenvalue weighted by atomic mass is 35.5. The molecule has 7 nitrogen and oxygen atoms in total. The zero-order chi connectivity index (χ0) is 17.2. The molecule has 1 aliphatic carbocycles. The predicted molar refractivity (Wildman–Crippen MR) is 96.5 cm³/mol. The molecule has 3 aliphatic rings. The van der Waals surface area contributed by atoms with E-state index in [1.54, 1.807) is 0 Å². The van der Waals surface area contributed by atoms with Crippen LogP contribution >= 0.6 is 12.4 Å². The zero-order valence-corrected chi connectivity index (χ0v) is 15.6. The molecule has 2 aliphatic heterocycles. The minimum atomic E-state index is -0.787. The molecule has 0 bridgehead atoms. The first-order chi connectivity index (χ1) is 11.5. The second-order valence-corrected chi connectivity index (χ2v) is 7.44. The van der Waals surface area contributed by atoms with Gasteiger partial charge in [-0.15, -0.1) is 12.4 Å². The molecule has 3 fully saturated rings. The van der Waals surface area contributed by atoms with Crippen LogP contribution in [0.4, 0.5) is 4.79 Å². The molecule has 1 spiro atoms. The van der Waals surface area contributed by atoms with Crippen LogP contribution in [-0.4, -0.2) is 54.5 Å². The van der Waals surface area contributed by atoms with Gasteiger partial charge in [-0.05, 0) is 50.6 Å². The number of carbonyl (C=O) groups excluding carboxylic acids is 3. The van der Waals surface area contributed by atoms with E-state index >= 15 is 0 Å². The van der Waals surface area contributed by atoms with E-state index in [4.69, 9.17) is 0 Å². The van der Waals surface area contributed by atoms with Gasteiger partial charge >= 0.3 is 6.03 Å². The molecule has 3 rings (SSSR count). The molecule has 1 saturated carbocycles. The summed E-state index contributed by atoms with van der Waals surface area (Å²) in [5, 5.41) is 9.01. The summed E-state index contributed by atoms with van der Waals surface area (Å²) >= 11 is 0. The van der Waals surface area contributed by atoms with Crippen molar-refractivity contribution in [2.24, 2.45) is 11.8 Å². The van der Waals surface area contributed by atoms with Crippen LogP contribution in [-0.2, 0) is 9.59 Å². The number of hydrogen-bond donors (Lipinski definition) is 3. The van der Waals surface area contributed by atoms with Gasteiger partial charge in [0.25, 0.3) is 5.91 Å². The van der Waals surface area contributed by atoms with E-state index in [0.29, 0.717) is 18.9 Å². The van der Waals surface area contributed by atoms with Gasteiger partial charge in [0.05, 0.1) is 0 Å². The first-order valence-electron chi connectivity index (χ1n) is 9.14. The van der Waals surface area contributed by atoms with Crippen LogP contribution in [0, 0.1) is 11.8 Å². The van der Waals surface area contributed by atoms with Gasteiger partial charge in [-0.1, -0.05) is 19.8 Å². The van der Waals surface area contributed by atoms with Crippen molar-refractivity contribution >= 4 is 30.3 Å². The molecule has 8 heteroatoms. The average Bonchev–Trinajstić information content (AvgIpc) is 3.14. The Morgan fingerprint density at radius 3 is 2.80 bits per heavy atom. The van der Waals surface area contributed by atoms with Gasteiger partial charge in [0.2, 0.25) is 5.91 Å². The van der Waals surface area contributed by atoms with Gasteiger partial charge in [-0.25, -0.2) is 4.79 Å². The van der Waals surface area contributed by atoms with E-state index in [2.05, 4.69) is 16.0 Å². The average molecular weight is 373 g/mol. The number of rotatable bonds is 5. The standard InChI is InChI=1S/C17H28N4O3.ClH/c1-12-4-2-3-7-17(12)15(23)21(16(24)20-17)11-14(22)19-9-6-13-5-8-18-10-13;/h12-13,18H,2-11H2,1H3,(H,19,22)(H,20,24);1H. The molecule has 0 aromatic rings. The molecule has 0 radical (unpaired) electrons. The maximum atomic E-state index is 12.8. The first-order valence-corrected chi connectivity index (χ1v) is 9.14. The molecule has 3 unspecified atom stereocenters. The van der Waals surface area contributed by atoms with Gasteiger partial charge < -0.3 is 16.0 Å². The molecule has 2 heterocycles. The summed E-state index contributed by atoms with van der Waals surface area (Å²) in [5.74, 6) is 0.235. The highest BCUT2D eigenvalue weighted by Crippen LogP contribution is 2.38. The lowest BCUT2D eigenvalue weighted by molar-refractivity contribution is -0.137. The highest BCUT2D eigenvalue weighted by molar-refractivity contribution is 6.09. The van der Waals surface area contributed by atoms with Crippen LogP contribution < -0.4 is 16.0 Å². The van der Waals surface area contributed by atoms with E-state index in [1.807, 2.05) is 6.92 Å². The van der Waals surface area contributed by atoms with Crippen LogP contribution in [0.1, 0.15) is 45.4 Å². The summed E-state index contributed by atoms with van der Waals surface area (Å²) in [5.41, 5.74) is -0.787. The number of nitrogens with zero attached hydrogens (tertiary/aromatic N) is 1. The normalized spacial score (nSPS) is 31.8. The van der Waals surface area contributed by atoms with Crippen molar-refractivity contribution < 1.29 is 14.4 Å². The molecular weight excluding hydrogens is 344 g/mol. The monoisotopic (exact) mass is 372 g/mol. The molecule has 25 heavy (non-hydrogen) atoms. The van der Waals surface area contributed by atoms with Gasteiger partial charge in [0, 0.05) is 6.54 Å².